The molecule has 2 saturated heterocycles. The summed E-state index contributed by atoms with van der Waals surface area (Å²) < 4.78 is 12.4. The summed E-state index contributed by atoms with van der Waals surface area (Å²) in [7, 11) is 0. The minimum atomic E-state index is -0.608. The van der Waals surface area contributed by atoms with Crippen LogP contribution < -0.4 is 20.1 Å². The standard InChI is InChI=1S/C60H66N2O8S2/c1-37(17-13-19-39(3)21-31-47-41(5)53(63)49(35-59(47,7)8)69-45-27-23-43(24-28-45)33-51-55(65)61-57(67)71-51)15-11-12-16-38(2)18-14-20-40(4)22-32-48-42(6)54(64)50(36-60(48,9)10)70-46-29-25-44(26-30-46)34-52-56(66)62-58(68)72-52/h11-32,49-52H,33-36H2,1-10H3,(H,61,65,67)(H,62,66,68)/b12-11+,17-13+,18-14+,31-21+,32-22+,37-15+,38-16+,39-19+,40-20+. The van der Waals surface area contributed by atoms with Gasteiger partial charge in [0.15, 0.2) is 23.8 Å². The third-order valence-corrected chi connectivity index (χ3v) is 15.0. The summed E-state index contributed by atoms with van der Waals surface area (Å²) in [5.41, 5.74) is 8.89. The number of imide groups is 2. The van der Waals surface area contributed by atoms with Gasteiger partial charge in [0.25, 0.3) is 10.5 Å². The van der Waals surface area contributed by atoms with Crippen LogP contribution in [0.3, 0.4) is 0 Å². The van der Waals surface area contributed by atoms with Crippen LogP contribution >= 0.6 is 23.5 Å². The molecule has 4 unspecified atom stereocenters. The van der Waals surface area contributed by atoms with Crippen LogP contribution in [0.1, 0.15) is 93.2 Å². The van der Waals surface area contributed by atoms with Crippen molar-refractivity contribution in [1.82, 2.24) is 10.6 Å². The molecule has 2 fully saturated rings. The van der Waals surface area contributed by atoms with Gasteiger partial charge in [0.2, 0.25) is 11.8 Å². The van der Waals surface area contributed by atoms with E-state index in [1.54, 1.807) is 0 Å². The maximum atomic E-state index is 13.5. The average molecular weight is 1010 g/mol. The Morgan fingerprint density at radius 2 is 0.861 bits per heavy atom. The van der Waals surface area contributed by atoms with Gasteiger partial charge in [-0.25, -0.2) is 0 Å². The quantitative estimate of drug-likeness (QED) is 0.138. The van der Waals surface area contributed by atoms with E-state index in [2.05, 4.69) is 76.5 Å². The molecule has 12 heteroatoms. The summed E-state index contributed by atoms with van der Waals surface area (Å²) in [6, 6.07) is 14.7. The first-order valence-electron chi connectivity index (χ1n) is 24.2. The fourth-order valence-corrected chi connectivity index (χ4v) is 10.7. The maximum Gasteiger partial charge on any atom is 0.286 e. The number of carbonyl (C=O) groups is 6. The van der Waals surface area contributed by atoms with E-state index < -0.39 is 22.7 Å². The molecule has 2 N–H and O–H groups in total. The topological polar surface area (TPSA) is 145 Å². The number of carbonyl (C=O) groups excluding carboxylic acids is 6. The molecule has 2 heterocycles. The van der Waals surface area contributed by atoms with Crippen molar-refractivity contribution in [2.45, 2.75) is 118 Å². The lowest BCUT2D eigenvalue weighted by molar-refractivity contribution is -0.124. The molecule has 0 spiro atoms. The normalized spacial score (nSPS) is 23.6. The van der Waals surface area contributed by atoms with Gasteiger partial charge in [-0.05, 0) is 123 Å². The van der Waals surface area contributed by atoms with Crippen molar-refractivity contribution in [3.05, 3.63) is 189 Å². The van der Waals surface area contributed by atoms with Crippen LogP contribution in [-0.2, 0) is 32.0 Å². The number of rotatable bonds is 18. The van der Waals surface area contributed by atoms with Crippen LogP contribution in [0.15, 0.2) is 178 Å². The second-order valence-electron chi connectivity index (χ2n) is 20.1. The molecule has 376 valence electrons. The summed E-state index contributed by atoms with van der Waals surface area (Å²) in [6.07, 6.45) is 29.3. The van der Waals surface area contributed by atoms with Crippen LogP contribution in [-0.4, -0.2) is 56.6 Å². The number of Topliss-reactive ketones (excluding diaryl/α,β-unsaturated/α-hetero) is 2. The first kappa shape index (κ1) is 54.8. The van der Waals surface area contributed by atoms with Gasteiger partial charge in [-0.1, -0.05) is 183 Å². The fourth-order valence-electron chi connectivity index (χ4n) is 8.98. The Bertz CT molecular complexity index is 2630. The summed E-state index contributed by atoms with van der Waals surface area (Å²) in [4.78, 5) is 74.0. The fraction of sp³-hybridized carbons (Fsp3) is 0.333. The molecule has 2 aliphatic heterocycles. The highest BCUT2D eigenvalue weighted by Crippen LogP contribution is 2.42. The number of amides is 4. The number of hydrogen-bond acceptors (Lipinski definition) is 10. The highest BCUT2D eigenvalue weighted by Gasteiger charge is 2.41. The molecular weight excluding hydrogens is 941 g/mol. The van der Waals surface area contributed by atoms with Crippen molar-refractivity contribution >= 4 is 57.4 Å². The summed E-state index contributed by atoms with van der Waals surface area (Å²) in [6.45, 7) is 20.4. The van der Waals surface area contributed by atoms with Gasteiger partial charge in [-0.2, -0.15) is 0 Å². The molecular formula is C60H66N2O8S2. The molecule has 10 nitrogen and oxygen atoms in total. The van der Waals surface area contributed by atoms with E-state index in [4.69, 9.17) is 9.47 Å². The van der Waals surface area contributed by atoms with Crippen molar-refractivity contribution in [2.75, 3.05) is 0 Å². The number of hydrogen-bond donors (Lipinski definition) is 2. The van der Waals surface area contributed by atoms with E-state index in [1.807, 2.05) is 137 Å². The van der Waals surface area contributed by atoms with Crippen molar-refractivity contribution in [3.8, 4) is 11.5 Å². The lowest BCUT2D eigenvalue weighted by Gasteiger charge is -2.36. The van der Waals surface area contributed by atoms with E-state index in [-0.39, 0.29) is 44.7 Å². The average Bonchev–Trinajstić information content (AvgIpc) is 3.81. The van der Waals surface area contributed by atoms with Crippen molar-refractivity contribution in [1.29, 1.82) is 0 Å². The SMILES string of the molecule is CC1=C(/C=C/C(C)=C/C=C/C(C)=C/C=C/C=C(C)/C=C/C=C(C)/C=C/C2=C(C)C(=O)C(Oc3ccc(CC4SC(=O)NC4=O)cc3)CC2(C)C)C(C)(C)CC(Oc2ccc(CC3SC(=O)NC3=O)cc2)C1=O. The minimum absolute atomic E-state index is 0.0325. The van der Waals surface area contributed by atoms with Crippen LogP contribution in [0.25, 0.3) is 0 Å². The molecule has 0 saturated carbocycles. The van der Waals surface area contributed by atoms with Gasteiger partial charge in [0, 0.05) is 12.8 Å². The number of nitrogens with one attached hydrogen (secondary N) is 2. The Morgan fingerprint density at radius 1 is 0.528 bits per heavy atom. The molecule has 2 aliphatic carbocycles. The predicted molar refractivity (Wildman–Crippen MR) is 292 cm³/mol. The molecule has 0 aromatic heterocycles. The lowest BCUT2D eigenvalue weighted by Crippen LogP contribution is -2.39. The third-order valence-electron chi connectivity index (χ3n) is 13.1. The molecule has 0 bridgehead atoms. The number of benzene rings is 2. The Morgan fingerprint density at radius 3 is 1.19 bits per heavy atom. The monoisotopic (exact) mass is 1010 g/mol. The van der Waals surface area contributed by atoms with E-state index >= 15 is 0 Å². The van der Waals surface area contributed by atoms with E-state index in [0.29, 0.717) is 48.3 Å². The van der Waals surface area contributed by atoms with Crippen LogP contribution in [0.2, 0.25) is 0 Å². The van der Waals surface area contributed by atoms with Gasteiger partial charge >= 0.3 is 0 Å². The summed E-state index contributed by atoms with van der Waals surface area (Å²) >= 11 is 2.01. The molecule has 6 rings (SSSR count). The number of allylic oxidation sites excluding steroid dienone is 20. The molecule has 4 atom stereocenters. The minimum Gasteiger partial charge on any atom is -0.482 e. The van der Waals surface area contributed by atoms with Crippen molar-refractivity contribution < 1.29 is 38.2 Å². The second-order valence-corrected chi connectivity index (χ2v) is 22.4. The zero-order chi connectivity index (χ0) is 52.3. The van der Waals surface area contributed by atoms with Gasteiger partial charge in [-0.15, -0.1) is 0 Å². The van der Waals surface area contributed by atoms with Crippen LogP contribution in [0.4, 0.5) is 9.59 Å². The van der Waals surface area contributed by atoms with E-state index in [9.17, 15) is 28.8 Å². The Labute approximate surface area is 433 Å². The molecule has 2 aromatic rings. The number of ether oxygens (including phenoxy) is 2. The van der Waals surface area contributed by atoms with Gasteiger partial charge in [0.05, 0.1) is 10.5 Å². The first-order chi connectivity index (χ1) is 34.1. The Balaban J connectivity index is 0.953. The van der Waals surface area contributed by atoms with E-state index in [0.717, 1.165) is 68.1 Å². The van der Waals surface area contributed by atoms with E-state index in [1.165, 1.54) is 0 Å². The zero-order valence-corrected chi connectivity index (χ0v) is 44.6. The number of thioether (sulfide) groups is 2. The second kappa shape index (κ2) is 24.3. The molecule has 0 radical (unpaired) electrons. The van der Waals surface area contributed by atoms with Crippen molar-refractivity contribution in [3.63, 3.8) is 0 Å². The molecule has 72 heavy (non-hydrogen) atoms. The third kappa shape index (κ3) is 15.0. The van der Waals surface area contributed by atoms with Gasteiger partial charge in [0.1, 0.15) is 11.5 Å². The first-order valence-corrected chi connectivity index (χ1v) is 26.0. The van der Waals surface area contributed by atoms with Gasteiger partial charge < -0.3 is 9.47 Å². The smallest absolute Gasteiger partial charge is 0.286 e. The summed E-state index contributed by atoms with van der Waals surface area (Å²) in [5, 5.41) is 3.13. The predicted octanol–water partition coefficient (Wildman–Crippen LogP) is 12.9. The highest BCUT2D eigenvalue weighted by molar-refractivity contribution is 8.15. The van der Waals surface area contributed by atoms with Crippen LogP contribution in [0.5, 0.6) is 11.5 Å². The maximum absolute atomic E-state index is 13.5. The molecule has 4 amide bonds. The Hall–Kier alpha value is -6.50. The number of ketones is 2. The van der Waals surface area contributed by atoms with Crippen LogP contribution in [0, 0.1) is 10.8 Å². The van der Waals surface area contributed by atoms with Gasteiger partial charge in [-0.3, -0.25) is 39.4 Å². The summed E-state index contributed by atoms with van der Waals surface area (Å²) in [5.74, 6) is 0.569. The lowest BCUT2D eigenvalue weighted by atomic mass is 9.71. The van der Waals surface area contributed by atoms with Crippen molar-refractivity contribution in [2.24, 2.45) is 10.8 Å². The molecule has 2 aromatic carbocycles. The highest BCUT2D eigenvalue weighted by atomic mass is 32.2. The molecule has 4 aliphatic rings. The largest absolute Gasteiger partial charge is 0.482 e. The zero-order valence-electron chi connectivity index (χ0n) is 42.9. The Kier molecular flexibility index (Phi) is 18.5.